The Kier molecular flexibility index (Phi) is 3.31. The molecular weight excluding hydrogens is 166 g/mol. The van der Waals surface area contributed by atoms with Gasteiger partial charge in [0.2, 0.25) is 0 Å². The zero-order valence-corrected chi connectivity index (χ0v) is 7.86. The highest BCUT2D eigenvalue weighted by Crippen LogP contribution is 2.13. The zero-order chi connectivity index (χ0) is 9.68. The lowest BCUT2D eigenvalue weighted by Crippen LogP contribution is -2.08. The number of rotatable bonds is 4. The van der Waals surface area contributed by atoms with Crippen LogP contribution in [0, 0.1) is 0 Å². The predicted octanol–water partition coefficient (Wildman–Crippen LogP) is 1.43. The molecule has 0 aliphatic heterocycles. The summed E-state index contributed by atoms with van der Waals surface area (Å²) in [6, 6.07) is 7.86. The van der Waals surface area contributed by atoms with E-state index in [1.165, 1.54) is 0 Å². The topological polar surface area (TPSA) is 29.5 Å². The Labute approximate surface area is 77.9 Å². The van der Waals surface area contributed by atoms with Crippen molar-refractivity contribution in [3.8, 4) is 0 Å². The SMILES string of the molecule is CN(C)c1cccc(COC=O)c1. The first-order chi connectivity index (χ1) is 6.24. The van der Waals surface area contributed by atoms with Crippen LogP contribution in [-0.4, -0.2) is 20.6 Å². The van der Waals surface area contributed by atoms with E-state index in [9.17, 15) is 4.79 Å². The molecule has 0 heterocycles. The lowest BCUT2D eigenvalue weighted by molar-refractivity contribution is -0.129. The standard InChI is InChI=1S/C10H13NO2/c1-11(2)10-5-3-4-9(6-10)7-13-8-12/h3-6,8H,7H2,1-2H3. The summed E-state index contributed by atoms with van der Waals surface area (Å²) in [7, 11) is 3.94. The highest BCUT2D eigenvalue weighted by molar-refractivity contribution is 5.47. The maximum atomic E-state index is 9.96. The zero-order valence-electron chi connectivity index (χ0n) is 7.86. The smallest absolute Gasteiger partial charge is 0.293 e. The number of carbonyl (C=O) groups is 1. The molecule has 0 saturated carbocycles. The van der Waals surface area contributed by atoms with Gasteiger partial charge in [-0.3, -0.25) is 4.79 Å². The van der Waals surface area contributed by atoms with Crippen molar-refractivity contribution in [2.45, 2.75) is 6.61 Å². The van der Waals surface area contributed by atoms with Gasteiger partial charge in [0.25, 0.3) is 6.47 Å². The molecule has 0 bridgehead atoms. The average molecular weight is 179 g/mol. The molecule has 1 aromatic rings. The largest absolute Gasteiger partial charge is 0.463 e. The quantitative estimate of drug-likeness (QED) is 0.655. The maximum absolute atomic E-state index is 9.96. The Morgan fingerprint density at radius 3 is 2.85 bits per heavy atom. The number of nitrogens with zero attached hydrogens (tertiary/aromatic N) is 1. The third-order valence-corrected chi connectivity index (χ3v) is 1.75. The van der Waals surface area contributed by atoms with Crippen molar-refractivity contribution < 1.29 is 9.53 Å². The number of ether oxygens (including phenoxy) is 1. The summed E-state index contributed by atoms with van der Waals surface area (Å²) in [6.07, 6.45) is 0. The van der Waals surface area contributed by atoms with Crippen LogP contribution in [-0.2, 0) is 16.1 Å². The average Bonchev–Trinajstić information content (AvgIpc) is 2.15. The number of hydrogen-bond donors (Lipinski definition) is 0. The Bertz CT molecular complexity index is 284. The van der Waals surface area contributed by atoms with Gasteiger partial charge < -0.3 is 9.64 Å². The van der Waals surface area contributed by atoms with E-state index in [-0.39, 0.29) is 0 Å². The second-order valence-electron chi connectivity index (χ2n) is 2.97. The molecule has 0 spiro atoms. The number of benzene rings is 1. The lowest BCUT2D eigenvalue weighted by Gasteiger charge is -2.13. The molecule has 0 N–H and O–H groups in total. The molecule has 3 heteroatoms. The molecule has 0 aliphatic carbocycles. The van der Waals surface area contributed by atoms with Crippen LogP contribution in [0.25, 0.3) is 0 Å². The summed E-state index contributed by atoms with van der Waals surface area (Å²) < 4.78 is 4.66. The molecule has 0 aromatic heterocycles. The Morgan fingerprint density at radius 1 is 1.46 bits per heavy atom. The van der Waals surface area contributed by atoms with Gasteiger partial charge in [-0.2, -0.15) is 0 Å². The predicted molar refractivity (Wildman–Crippen MR) is 51.6 cm³/mol. The summed E-state index contributed by atoms with van der Waals surface area (Å²) in [5.74, 6) is 0. The Morgan fingerprint density at radius 2 is 2.23 bits per heavy atom. The summed E-state index contributed by atoms with van der Waals surface area (Å²) in [5.41, 5.74) is 2.10. The summed E-state index contributed by atoms with van der Waals surface area (Å²) in [6.45, 7) is 0.799. The van der Waals surface area contributed by atoms with Crippen molar-refractivity contribution in [2.75, 3.05) is 19.0 Å². The van der Waals surface area contributed by atoms with Crippen LogP contribution in [0.3, 0.4) is 0 Å². The fraction of sp³-hybridized carbons (Fsp3) is 0.300. The summed E-state index contributed by atoms with van der Waals surface area (Å²) in [5, 5.41) is 0. The van der Waals surface area contributed by atoms with Crippen LogP contribution >= 0.6 is 0 Å². The van der Waals surface area contributed by atoms with Crippen molar-refractivity contribution in [1.82, 2.24) is 0 Å². The molecule has 0 fully saturated rings. The van der Waals surface area contributed by atoms with Crippen molar-refractivity contribution in [2.24, 2.45) is 0 Å². The molecule has 0 saturated heterocycles. The number of carbonyl (C=O) groups excluding carboxylic acids is 1. The van der Waals surface area contributed by atoms with Gasteiger partial charge in [-0.25, -0.2) is 0 Å². The molecule has 70 valence electrons. The van der Waals surface area contributed by atoms with E-state index < -0.39 is 0 Å². The minimum Gasteiger partial charge on any atom is -0.463 e. The molecule has 3 nitrogen and oxygen atoms in total. The Balaban J connectivity index is 2.73. The number of anilines is 1. The second-order valence-corrected chi connectivity index (χ2v) is 2.97. The van der Waals surface area contributed by atoms with Crippen LogP contribution in [0.2, 0.25) is 0 Å². The van der Waals surface area contributed by atoms with Gasteiger partial charge in [-0.15, -0.1) is 0 Å². The maximum Gasteiger partial charge on any atom is 0.293 e. The fourth-order valence-corrected chi connectivity index (χ4v) is 1.05. The highest BCUT2D eigenvalue weighted by atomic mass is 16.5. The normalized spacial score (nSPS) is 9.38. The molecular formula is C10H13NO2. The molecule has 0 amide bonds. The first-order valence-electron chi connectivity index (χ1n) is 4.05. The number of hydrogen-bond acceptors (Lipinski definition) is 3. The van der Waals surface area contributed by atoms with Gasteiger partial charge >= 0.3 is 0 Å². The van der Waals surface area contributed by atoms with E-state index in [4.69, 9.17) is 0 Å². The van der Waals surface area contributed by atoms with Crippen molar-refractivity contribution in [3.05, 3.63) is 29.8 Å². The minimum atomic E-state index is 0.338. The highest BCUT2D eigenvalue weighted by Gasteiger charge is 1.97. The van der Waals surface area contributed by atoms with Crippen LogP contribution in [0.15, 0.2) is 24.3 Å². The van der Waals surface area contributed by atoms with Crippen molar-refractivity contribution in [3.63, 3.8) is 0 Å². The molecule has 13 heavy (non-hydrogen) atoms. The Hall–Kier alpha value is -1.51. The van der Waals surface area contributed by atoms with E-state index in [0.29, 0.717) is 13.1 Å². The third-order valence-electron chi connectivity index (χ3n) is 1.75. The van der Waals surface area contributed by atoms with Crippen LogP contribution in [0.4, 0.5) is 5.69 Å². The molecule has 1 aromatic carbocycles. The van der Waals surface area contributed by atoms with E-state index in [1.807, 2.05) is 43.3 Å². The minimum absolute atomic E-state index is 0.338. The molecule has 0 aliphatic rings. The van der Waals surface area contributed by atoms with E-state index >= 15 is 0 Å². The third kappa shape index (κ3) is 2.78. The van der Waals surface area contributed by atoms with E-state index in [0.717, 1.165) is 11.3 Å². The summed E-state index contributed by atoms with van der Waals surface area (Å²) >= 11 is 0. The van der Waals surface area contributed by atoms with Crippen LogP contribution < -0.4 is 4.90 Å². The van der Waals surface area contributed by atoms with Gasteiger partial charge in [-0.05, 0) is 17.7 Å². The van der Waals surface area contributed by atoms with Gasteiger partial charge in [0.1, 0.15) is 6.61 Å². The van der Waals surface area contributed by atoms with E-state index in [2.05, 4.69) is 4.74 Å². The van der Waals surface area contributed by atoms with Crippen LogP contribution in [0.1, 0.15) is 5.56 Å². The second kappa shape index (κ2) is 4.50. The van der Waals surface area contributed by atoms with Gasteiger partial charge in [0.15, 0.2) is 0 Å². The monoisotopic (exact) mass is 179 g/mol. The van der Waals surface area contributed by atoms with Gasteiger partial charge in [0.05, 0.1) is 0 Å². The molecule has 0 radical (unpaired) electrons. The first-order valence-corrected chi connectivity index (χ1v) is 4.05. The van der Waals surface area contributed by atoms with E-state index in [1.54, 1.807) is 0 Å². The van der Waals surface area contributed by atoms with Gasteiger partial charge in [0, 0.05) is 19.8 Å². The van der Waals surface area contributed by atoms with Gasteiger partial charge in [-0.1, -0.05) is 12.1 Å². The van der Waals surface area contributed by atoms with Crippen molar-refractivity contribution in [1.29, 1.82) is 0 Å². The lowest BCUT2D eigenvalue weighted by atomic mass is 10.2. The van der Waals surface area contributed by atoms with Crippen LogP contribution in [0.5, 0.6) is 0 Å². The van der Waals surface area contributed by atoms with Crippen molar-refractivity contribution >= 4 is 12.2 Å². The molecule has 0 unspecified atom stereocenters. The summed E-state index contributed by atoms with van der Waals surface area (Å²) in [4.78, 5) is 12.0. The molecule has 0 atom stereocenters. The fourth-order valence-electron chi connectivity index (χ4n) is 1.05. The first kappa shape index (κ1) is 9.58. The molecule has 1 rings (SSSR count).